The Morgan fingerprint density at radius 2 is 1.88 bits per heavy atom. The Bertz CT molecular complexity index is 364. The summed E-state index contributed by atoms with van der Waals surface area (Å²) in [4.78, 5) is 7.29. The third-order valence-corrected chi connectivity index (χ3v) is 4.21. The lowest BCUT2D eigenvalue weighted by Crippen LogP contribution is -2.56. The second-order valence-electron chi connectivity index (χ2n) is 7.15. The van der Waals surface area contributed by atoms with E-state index < -0.39 is 0 Å². The molecule has 1 fully saturated rings. The third-order valence-electron chi connectivity index (χ3n) is 4.21. The second-order valence-corrected chi connectivity index (χ2v) is 7.15. The van der Waals surface area contributed by atoms with Gasteiger partial charge in [0.05, 0.1) is 18.8 Å². The van der Waals surface area contributed by atoms with Crippen LogP contribution in [0.15, 0.2) is 4.99 Å². The van der Waals surface area contributed by atoms with Crippen molar-refractivity contribution in [2.75, 3.05) is 45.9 Å². The maximum atomic E-state index is 5.85. The molecule has 0 aromatic rings. The molecule has 1 heterocycles. The van der Waals surface area contributed by atoms with Gasteiger partial charge in [-0.2, -0.15) is 0 Å². The largest absolute Gasteiger partial charge is 0.382 e. The fourth-order valence-electron chi connectivity index (χ4n) is 2.91. The van der Waals surface area contributed by atoms with Crippen molar-refractivity contribution in [2.45, 2.75) is 65.7 Å². The summed E-state index contributed by atoms with van der Waals surface area (Å²) in [7, 11) is 0. The van der Waals surface area contributed by atoms with Crippen LogP contribution in [0.1, 0.15) is 48.0 Å². The highest BCUT2D eigenvalue weighted by atomic mass is 16.5. The van der Waals surface area contributed by atoms with Crippen molar-refractivity contribution in [3.8, 4) is 0 Å². The van der Waals surface area contributed by atoms with Crippen molar-refractivity contribution in [3.63, 3.8) is 0 Å². The number of guanidine groups is 1. The molecule has 1 aliphatic heterocycles. The number of hydrogen-bond acceptors (Lipinski definition) is 4. The van der Waals surface area contributed by atoms with Gasteiger partial charge in [-0.1, -0.05) is 0 Å². The van der Waals surface area contributed by atoms with Crippen LogP contribution in [-0.4, -0.2) is 74.5 Å². The molecule has 142 valence electrons. The molecular weight excluding hydrogens is 304 g/mol. The zero-order valence-corrected chi connectivity index (χ0v) is 16.5. The van der Waals surface area contributed by atoms with Crippen LogP contribution in [0.25, 0.3) is 0 Å². The minimum atomic E-state index is 0.0139. The molecule has 2 unspecified atom stereocenters. The summed E-state index contributed by atoms with van der Waals surface area (Å²) >= 11 is 0. The molecule has 1 rings (SSSR count). The van der Waals surface area contributed by atoms with Crippen LogP contribution in [0.3, 0.4) is 0 Å². The Labute approximate surface area is 148 Å². The van der Waals surface area contributed by atoms with E-state index >= 15 is 0 Å². The van der Waals surface area contributed by atoms with Gasteiger partial charge in [0.15, 0.2) is 5.96 Å². The second kappa shape index (κ2) is 10.9. The van der Waals surface area contributed by atoms with E-state index in [9.17, 15) is 0 Å². The van der Waals surface area contributed by atoms with Crippen LogP contribution in [0.4, 0.5) is 0 Å². The SMILES string of the molecule is CCNC(=NCC(C)(C)N1CC(C)OC(C)C1)NCCCOCC. The molecule has 0 spiro atoms. The zero-order chi connectivity index (χ0) is 18.0. The molecule has 2 atom stereocenters. The molecule has 6 nitrogen and oxygen atoms in total. The van der Waals surface area contributed by atoms with E-state index in [-0.39, 0.29) is 17.7 Å². The van der Waals surface area contributed by atoms with E-state index in [2.05, 4.69) is 50.2 Å². The quantitative estimate of drug-likeness (QED) is 0.380. The van der Waals surface area contributed by atoms with E-state index in [1.54, 1.807) is 0 Å². The number of nitrogens with zero attached hydrogens (tertiary/aromatic N) is 2. The Morgan fingerprint density at radius 1 is 1.21 bits per heavy atom. The topological polar surface area (TPSA) is 58.1 Å². The predicted molar refractivity (Wildman–Crippen MR) is 101 cm³/mol. The molecule has 0 aromatic heterocycles. The Morgan fingerprint density at radius 3 is 2.46 bits per heavy atom. The normalized spacial score (nSPS) is 23.3. The van der Waals surface area contributed by atoms with Gasteiger partial charge in [0, 0.05) is 44.9 Å². The summed E-state index contributed by atoms with van der Waals surface area (Å²) in [6.45, 7) is 18.9. The van der Waals surface area contributed by atoms with Crippen molar-refractivity contribution in [3.05, 3.63) is 0 Å². The summed E-state index contributed by atoms with van der Waals surface area (Å²) in [6.07, 6.45) is 1.55. The lowest BCUT2D eigenvalue weighted by Gasteiger charge is -2.44. The van der Waals surface area contributed by atoms with Gasteiger partial charge in [0.2, 0.25) is 0 Å². The average molecular weight is 343 g/mol. The molecule has 6 heteroatoms. The van der Waals surface area contributed by atoms with Crippen LogP contribution < -0.4 is 10.6 Å². The van der Waals surface area contributed by atoms with Gasteiger partial charge in [-0.05, 0) is 48.0 Å². The van der Waals surface area contributed by atoms with E-state index in [0.717, 1.165) is 58.3 Å². The molecule has 24 heavy (non-hydrogen) atoms. The Hall–Kier alpha value is -0.850. The molecule has 0 amide bonds. The number of ether oxygens (including phenoxy) is 2. The maximum Gasteiger partial charge on any atom is 0.191 e. The first-order valence-electron chi connectivity index (χ1n) is 9.39. The summed E-state index contributed by atoms with van der Waals surface area (Å²) in [5.41, 5.74) is 0.0139. The summed E-state index contributed by atoms with van der Waals surface area (Å²) < 4.78 is 11.2. The van der Waals surface area contributed by atoms with Crippen molar-refractivity contribution in [1.82, 2.24) is 15.5 Å². The monoisotopic (exact) mass is 342 g/mol. The molecular formula is C18H38N4O2. The van der Waals surface area contributed by atoms with Gasteiger partial charge in [0.1, 0.15) is 0 Å². The molecule has 1 aliphatic rings. The van der Waals surface area contributed by atoms with E-state index in [1.807, 2.05) is 6.92 Å². The minimum Gasteiger partial charge on any atom is -0.382 e. The van der Waals surface area contributed by atoms with E-state index in [0.29, 0.717) is 0 Å². The van der Waals surface area contributed by atoms with Crippen molar-refractivity contribution < 1.29 is 9.47 Å². The molecule has 0 aliphatic carbocycles. The first-order chi connectivity index (χ1) is 11.4. The van der Waals surface area contributed by atoms with Gasteiger partial charge in [-0.25, -0.2) is 0 Å². The molecule has 2 N–H and O–H groups in total. The average Bonchev–Trinajstić information content (AvgIpc) is 2.51. The minimum absolute atomic E-state index is 0.0139. The van der Waals surface area contributed by atoms with Gasteiger partial charge in [0.25, 0.3) is 0 Å². The van der Waals surface area contributed by atoms with Gasteiger partial charge in [-0.15, -0.1) is 0 Å². The standard InChI is InChI=1S/C18H38N4O2/c1-7-19-17(20-10-9-11-23-8-2)21-14-18(5,6)22-12-15(3)24-16(4)13-22/h15-16H,7-14H2,1-6H3,(H2,19,20,21). The predicted octanol–water partition coefficient (Wildman–Crippen LogP) is 1.86. The van der Waals surface area contributed by atoms with Crippen LogP contribution in [0.2, 0.25) is 0 Å². The smallest absolute Gasteiger partial charge is 0.191 e. The summed E-state index contributed by atoms with van der Waals surface area (Å²) in [5, 5.41) is 6.71. The number of nitrogens with one attached hydrogen (secondary N) is 2. The number of rotatable bonds is 9. The van der Waals surface area contributed by atoms with Gasteiger partial charge >= 0.3 is 0 Å². The number of morpholine rings is 1. The highest BCUT2D eigenvalue weighted by molar-refractivity contribution is 5.79. The fourth-order valence-corrected chi connectivity index (χ4v) is 2.91. The summed E-state index contributed by atoms with van der Waals surface area (Å²) in [5.74, 6) is 0.886. The molecule has 0 saturated carbocycles. The Balaban J connectivity index is 2.52. The maximum absolute atomic E-state index is 5.85. The first-order valence-corrected chi connectivity index (χ1v) is 9.39. The lowest BCUT2D eigenvalue weighted by atomic mass is 10.0. The van der Waals surface area contributed by atoms with Crippen molar-refractivity contribution in [2.24, 2.45) is 4.99 Å². The number of hydrogen-bond donors (Lipinski definition) is 2. The fraction of sp³-hybridized carbons (Fsp3) is 0.944. The van der Waals surface area contributed by atoms with Crippen LogP contribution >= 0.6 is 0 Å². The van der Waals surface area contributed by atoms with Crippen LogP contribution in [0.5, 0.6) is 0 Å². The van der Waals surface area contributed by atoms with Crippen LogP contribution in [-0.2, 0) is 9.47 Å². The lowest BCUT2D eigenvalue weighted by molar-refractivity contribution is -0.0939. The zero-order valence-electron chi connectivity index (χ0n) is 16.5. The van der Waals surface area contributed by atoms with Crippen LogP contribution in [0, 0.1) is 0 Å². The summed E-state index contributed by atoms with van der Waals surface area (Å²) in [6, 6.07) is 0. The van der Waals surface area contributed by atoms with Gasteiger partial charge < -0.3 is 20.1 Å². The molecule has 0 bridgehead atoms. The van der Waals surface area contributed by atoms with E-state index in [4.69, 9.17) is 14.5 Å². The highest BCUT2D eigenvalue weighted by Crippen LogP contribution is 2.21. The Kier molecular flexibility index (Phi) is 9.63. The molecule has 0 aromatic carbocycles. The van der Waals surface area contributed by atoms with Crippen molar-refractivity contribution in [1.29, 1.82) is 0 Å². The first kappa shape index (κ1) is 21.2. The van der Waals surface area contributed by atoms with E-state index in [1.165, 1.54) is 0 Å². The van der Waals surface area contributed by atoms with Gasteiger partial charge in [-0.3, -0.25) is 9.89 Å². The molecule has 1 saturated heterocycles. The molecule has 0 radical (unpaired) electrons. The third kappa shape index (κ3) is 7.81. The highest BCUT2D eigenvalue weighted by Gasteiger charge is 2.33. The number of aliphatic imine (C=N–C) groups is 1. The van der Waals surface area contributed by atoms with Crippen molar-refractivity contribution >= 4 is 5.96 Å².